The normalized spacial score (nSPS) is 10.7. The second-order valence-corrected chi connectivity index (χ2v) is 3.53. The molecular formula is C13H16O2. The van der Waals surface area contributed by atoms with Crippen molar-refractivity contribution in [3.63, 3.8) is 0 Å². The Morgan fingerprint density at radius 2 is 2.00 bits per heavy atom. The maximum atomic E-state index is 11.8. The molecule has 0 amide bonds. The van der Waals surface area contributed by atoms with Crippen LogP contribution in [0.5, 0.6) is 5.75 Å². The molecule has 1 aromatic rings. The lowest BCUT2D eigenvalue weighted by molar-refractivity contribution is 0.104. The number of ether oxygens (including phenoxy) is 1. The molecule has 0 saturated heterocycles. The zero-order valence-corrected chi connectivity index (χ0v) is 9.63. The van der Waals surface area contributed by atoms with Crippen LogP contribution in [0.2, 0.25) is 0 Å². The summed E-state index contributed by atoms with van der Waals surface area (Å²) in [7, 11) is 1.59. The number of methoxy groups -OCH3 is 1. The highest BCUT2D eigenvalue weighted by Crippen LogP contribution is 2.25. The van der Waals surface area contributed by atoms with Crippen molar-refractivity contribution >= 4 is 5.78 Å². The van der Waals surface area contributed by atoms with Crippen LogP contribution in [0.15, 0.2) is 24.3 Å². The SMILES string of the molecule is C/C=C/C(=O)c1cc(C)cc(C)c1OC. The van der Waals surface area contributed by atoms with Crippen molar-refractivity contribution in [2.45, 2.75) is 20.8 Å². The second kappa shape index (κ2) is 4.78. The molecule has 0 N–H and O–H groups in total. The molecule has 0 aliphatic rings. The lowest BCUT2D eigenvalue weighted by Gasteiger charge is -2.10. The van der Waals surface area contributed by atoms with Gasteiger partial charge in [0.25, 0.3) is 0 Å². The molecular weight excluding hydrogens is 188 g/mol. The van der Waals surface area contributed by atoms with Crippen molar-refractivity contribution in [1.82, 2.24) is 0 Å². The minimum Gasteiger partial charge on any atom is -0.496 e. The fourth-order valence-electron chi connectivity index (χ4n) is 1.65. The van der Waals surface area contributed by atoms with Crippen molar-refractivity contribution in [1.29, 1.82) is 0 Å². The van der Waals surface area contributed by atoms with Crippen LogP contribution in [0.4, 0.5) is 0 Å². The smallest absolute Gasteiger partial charge is 0.189 e. The third-order valence-electron chi connectivity index (χ3n) is 2.21. The van der Waals surface area contributed by atoms with E-state index >= 15 is 0 Å². The molecule has 0 unspecified atom stereocenters. The molecule has 0 spiro atoms. The van der Waals surface area contributed by atoms with Gasteiger partial charge in [0.05, 0.1) is 12.7 Å². The van der Waals surface area contributed by atoms with Gasteiger partial charge in [-0.05, 0) is 44.0 Å². The Kier molecular flexibility index (Phi) is 3.67. The molecule has 80 valence electrons. The lowest BCUT2D eigenvalue weighted by Crippen LogP contribution is -2.01. The minimum absolute atomic E-state index is 0.0128. The van der Waals surface area contributed by atoms with E-state index in [-0.39, 0.29) is 5.78 Å². The van der Waals surface area contributed by atoms with Gasteiger partial charge < -0.3 is 4.74 Å². The summed E-state index contributed by atoms with van der Waals surface area (Å²) in [4.78, 5) is 11.8. The molecule has 1 rings (SSSR count). The van der Waals surface area contributed by atoms with Crippen molar-refractivity contribution in [3.05, 3.63) is 41.0 Å². The van der Waals surface area contributed by atoms with Crippen molar-refractivity contribution < 1.29 is 9.53 Å². The fraction of sp³-hybridized carbons (Fsp3) is 0.308. The van der Waals surface area contributed by atoms with Gasteiger partial charge in [-0.2, -0.15) is 0 Å². The summed E-state index contributed by atoms with van der Waals surface area (Å²) >= 11 is 0. The van der Waals surface area contributed by atoms with Crippen LogP contribution in [0, 0.1) is 13.8 Å². The van der Waals surface area contributed by atoms with E-state index < -0.39 is 0 Å². The Bertz CT molecular complexity index is 403. The quantitative estimate of drug-likeness (QED) is 0.558. The van der Waals surface area contributed by atoms with Crippen LogP contribution in [-0.4, -0.2) is 12.9 Å². The summed E-state index contributed by atoms with van der Waals surface area (Å²) < 4.78 is 5.24. The molecule has 0 atom stereocenters. The number of hydrogen-bond donors (Lipinski definition) is 0. The summed E-state index contributed by atoms with van der Waals surface area (Å²) in [6, 6.07) is 3.86. The highest BCUT2D eigenvalue weighted by molar-refractivity contribution is 6.06. The van der Waals surface area contributed by atoms with Crippen molar-refractivity contribution in [3.8, 4) is 5.75 Å². The summed E-state index contributed by atoms with van der Waals surface area (Å²) in [6.07, 6.45) is 3.29. The van der Waals surface area contributed by atoms with E-state index in [9.17, 15) is 4.79 Å². The molecule has 2 heteroatoms. The predicted octanol–water partition coefficient (Wildman–Crippen LogP) is 3.07. The van der Waals surface area contributed by atoms with E-state index in [0.717, 1.165) is 11.1 Å². The van der Waals surface area contributed by atoms with E-state index in [1.54, 1.807) is 19.3 Å². The van der Waals surface area contributed by atoms with E-state index in [4.69, 9.17) is 4.74 Å². The first kappa shape index (κ1) is 11.5. The average Bonchev–Trinajstić information content (AvgIpc) is 2.17. The van der Waals surface area contributed by atoms with Crippen LogP contribution in [-0.2, 0) is 0 Å². The van der Waals surface area contributed by atoms with Gasteiger partial charge in [0.1, 0.15) is 5.75 Å². The van der Waals surface area contributed by atoms with E-state index in [2.05, 4.69) is 0 Å². The van der Waals surface area contributed by atoms with Crippen molar-refractivity contribution in [2.75, 3.05) is 7.11 Å². The minimum atomic E-state index is -0.0128. The number of carbonyl (C=O) groups is 1. The van der Waals surface area contributed by atoms with Crippen LogP contribution >= 0.6 is 0 Å². The number of allylic oxidation sites excluding steroid dienone is 2. The van der Waals surface area contributed by atoms with Gasteiger partial charge in [0, 0.05) is 0 Å². The largest absolute Gasteiger partial charge is 0.496 e. The van der Waals surface area contributed by atoms with E-state index in [1.807, 2.05) is 32.9 Å². The van der Waals surface area contributed by atoms with Crippen LogP contribution in [0.3, 0.4) is 0 Å². The number of hydrogen-bond acceptors (Lipinski definition) is 2. The fourth-order valence-corrected chi connectivity index (χ4v) is 1.65. The molecule has 0 aliphatic carbocycles. The number of aryl methyl sites for hydroxylation is 2. The molecule has 0 aliphatic heterocycles. The second-order valence-electron chi connectivity index (χ2n) is 3.53. The van der Waals surface area contributed by atoms with Crippen LogP contribution in [0.1, 0.15) is 28.4 Å². The van der Waals surface area contributed by atoms with Gasteiger partial charge in [0.15, 0.2) is 5.78 Å². The van der Waals surface area contributed by atoms with Gasteiger partial charge in [-0.15, -0.1) is 0 Å². The molecule has 0 heterocycles. The summed E-state index contributed by atoms with van der Waals surface area (Å²) in [5.41, 5.74) is 2.69. The Morgan fingerprint density at radius 1 is 1.33 bits per heavy atom. The highest BCUT2D eigenvalue weighted by atomic mass is 16.5. The van der Waals surface area contributed by atoms with Gasteiger partial charge in [-0.1, -0.05) is 12.1 Å². The highest BCUT2D eigenvalue weighted by Gasteiger charge is 2.12. The first-order valence-corrected chi connectivity index (χ1v) is 4.92. The first-order valence-electron chi connectivity index (χ1n) is 4.92. The van der Waals surface area contributed by atoms with Gasteiger partial charge in [-0.25, -0.2) is 0 Å². The molecule has 0 fully saturated rings. The van der Waals surface area contributed by atoms with Gasteiger partial charge >= 0.3 is 0 Å². The molecule has 0 aromatic heterocycles. The van der Waals surface area contributed by atoms with Crippen LogP contribution < -0.4 is 4.74 Å². The van der Waals surface area contributed by atoms with Gasteiger partial charge in [0.2, 0.25) is 0 Å². The molecule has 0 saturated carbocycles. The zero-order chi connectivity index (χ0) is 11.4. The molecule has 15 heavy (non-hydrogen) atoms. The third kappa shape index (κ3) is 2.46. The first-order chi connectivity index (χ1) is 7.10. The Hall–Kier alpha value is -1.57. The summed E-state index contributed by atoms with van der Waals surface area (Å²) in [6.45, 7) is 5.74. The van der Waals surface area contributed by atoms with Crippen LogP contribution in [0.25, 0.3) is 0 Å². The third-order valence-corrected chi connectivity index (χ3v) is 2.21. The van der Waals surface area contributed by atoms with E-state index in [0.29, 0.717) is 11.3 Å². The Morgan fingerprint density at radius 3 is 2.53 bits per heavy atom. The maximum absolute atomic E-state index is 11.8. The molecule has 0 bridgehead atoms. The predicted molar refractivity (Wildman–Crippen MR) is 61.6 cm³/mol. The van der Waals surface area contributed by atoms with Crippen molar-refractivity contribution in [2.24, 2.45) is 0 Å². The molecule has 1 aromatic carbocycles. The lowest BCUT2D eigenvalue weighted by atomic mass is 10.0. The standard InChI is InChI=1S/C13H16O2/c1-5-6-12(14)11-8-9(2)7-10(3)13(11)15-4/h5-8H,1-4H3/b6-5+. The Balaban J connectivity index is 3.32. The molecule has 0 radical (unpaired) electrons. The topological polar surface area (TPSA) is 26.3 Å². The average molecular weight is 204 g/mol. The summed E-state index contributed by atoms with van der Waals surface area (Å²) in [5.74, 6) is 0.657. The Labute approximate surface area is 90.6 Å². The monoisotopic (exact) mass is 204 g/mol. The number of carbonyl (C=O) groups excluding carboxylic acids is 1. The summed E-state index contributed by atoms with van der Waals surface area (Å²) in [5, 5.41) is 0. The maximum Gasteiger partial charge on any atom is 0.189 e. The number of ketones is 1. The van der Waals surface area contributed by atoms with E-state index in [1.165, 1.54) is 0 Å². The number of rotatable bonds is 3. The zero-order valence-electron chi connectivity index (χ0n) is 9.63. The number of benzene rings is 1. The van der Waals surface area contributed by atoms with Gasteiger partial charge in [-0.3, -0.25) is 4.79 Å². The molecule has 2 nitrogen and oxygen atoms in total.